The fourth-order valence-corrected chi connectivity index (χ4v) is 6.92. The summed E-state index contributed by atoms with van der Waals surface area (Å²) in [7, 11) is 0. The number of benzene rings is 3. The SMILES string of the molecule is O=C(c1cccc2cnccc12)C1CC2CCC(C1)N2C(=O)OCC1c2ccccc2-c2ccccc21. The summed E-state index contributed by atoms with van der Waals surface area (Å²) in [6.45, 7) is 0.329. The third-order valence-corrected chi connectivity index (χ3v) is 8.60. The summed E-state index contributed by atoms with van der Waals surface area (Å²) in [6.07, 6.45) is 6.55. The largest absolute Gasteiger partial charge is 0.448 e. The Morgan fingerprint density at radius 1 is 0.838 bits per heavy atom. The molecule has 5 heteroatoms. The number of Topliss-reactive ketones (excluding diaryl/α,β-unsaturated/α-hetero) is 1. The molecular formula is C32H28N2O3. The highest BCUT2D eigenvalue weighted by Gasteiger charge is 2.46. The average molecular weight is 489 g/mol. The fraction of sp³-hybridized carbons (Fsp3) is 0.281. The van der Waals surface area contributed by atoms with Gasteiger partial charge in [-0.3, -0.25) is 9.78 Å². The number of piperidine rings is 1. The summed E-state index contributed by atoms with van der Waals surface area (Å²) >= 11 is 0. The molecule has 5 nitrogen and oxygen atoms in total. The van der Waals surface area contributed by atoms with Gasteiger partial charge in [-0.25, -0.2) is 4.79 Å². The number of amides is 1. The topological polar surface area (TPSA) is 59.5 Å². The fourth-order valence-electron chi connectivity index (χ4n) is 6.92. The summed E-state index contributed by atoms with van der Waals surface area (Å²) < 4.78 is 5.99. The van der Waals surface area contributed by atoms with Crippen LogP contribution in [0.5, 0.6) is 0 Å². The predicted octanol–water partition coefficient (Wildman–Crippen LogP) is 6.61. The van der Waals surface area contributed by atoms with Crippen molar-refractivity contribution in [1.29, 1.82) is 0 Å². The third-order valence-electron chi connectivity index (χ3n) is 8.60. The summed E-state index contributed by atoms with van der Waals surface area (Å²) in [5.41, 5.74) is 5.65. The monoisotopic (exact) mass is 488 g/mol. The van der Waals surface area contributed by atoms with Gasteiger partial charge in [0.1, 0.15) is 6.61 Å². The van der Waals surface area contributed by atoms with Crippen molar-refractivity contribution >= 4 is 22.6 Å². The standard InChI is InChI=1S/C32H28N2O3/c35-31(29-11-5-6-20-18-33-15-14-24(20)29)21-16-22-12-13-23(17-21)34(22)32(36)37-19-30-27-9-3-1-7-25(27)26-8-2-4-10-28(26)30/h1-11,14-15,18,21-23,30H,12-13,16-17,19H2. The van der Waals surface area contributed by atoms with Gasteiger partial charge in [-0.1, -0.05) is 66.7 Å². The molecule has 37 heavy (non-hydrogen) atoms. The van der Waals surface area contributed by atoms with Gasteiger partial charge in [0, 0.05) is 47.3 Å². The second kappa shape index (κ2) is 8.84. The molecule has 3 aromatic carbocycles. The number of hydrogen-bond acceptors (Lipinski definition) is 4. The van der Waals surface area contributed by atoms with Gasteiger partial charge < -0.3 is 9.64 Å². The van der Waals surface area contributed by atoms with E-state index < -0.39 is 0 Å². The summed E-state index contributed by atoms with van der Waals surface area (Å²) in [6, 6.07) is 24.6. The van der Waals surface area contributed by atoms with Crippen molar-refractivity contribution in [1.82, 2.24) is 9.88 Å². The van der Waals surface area contributed by atoms with Gasteiger partial charge in [-0.05, 0) is 59.4 Å². The molecule has 1 aromatic heterocycles. The molecule has 184 valence electrons. The number of hydrogen-bond donors (Lipinski definition) is 0. The Morgan fingerprint density at radius 3 is 2.22 bits per heavy atom. The van der Waals surface area contributed by atoms with Gasteiger partial charge in [-0.15, -0.1) is 0 Å². The van der Waals surface area contributed by atoms with E-state index in [2.05, 4.69) is 41.4 Å². The van der Waals surface area contributed by atoms with E-state index in [0.29, 0.717) is 19.4 Å². The molecule has 2 fully saturated rings. The average Bonchev–Trinajstić information content (AvgIpc) is 3.41. The number of carbonyl (C=O) groups is 2. The maximum absolute atomic E-state index is 13.6. The van der Waals surface area contributed by atoms with Crippen LogP contribution in [0, 0.1) is 5.92 Å². The highest BCUT2D eigenvalue weighted by Crippen LogP contribution is 2.45. The molecule has 7 rings (SSSR count). The normalized spacial score (nSPS) is 22.1. The van der Waals surface area contributed by atoms with E-state index in [4.69, 9.17) is 4.74 Å². The molecular weight excluding hydrogens is 460 g/mol. The lowest BCUT2D eigenvalue weighted by atomic mass is 9.84. The number of ketones is 1. The molecule has 2 aliphatic heterocycles. The zero-order chi connectivity index (χ0) is 24.9. The van der Waals surface area contributed by atoms with Crippen molar-refractivity contribution in [2.45, 2.75) is 43.7 Å². The molecule has 0 radical (unpaired) electrons. The second-order valence-electron chi connectivity index (χ2n) is 10.5. The van der Waals surface area contributed by atoms with Crippen LogP contribution in [0.15, 0.2) is 85.2 Å². The molecule has 1 amide bonds. The van der Waals surface area contributed by atoms with Crippen molar-refractivity contribution < 1.29 is 14.3 Å². The Kier molecular flexibility index (Phi) is 5.31. The van der Waals surface area contributed by atoms with Crippen LogP contribution >= 0.6 is 0 Å². The first-order chi connectivity index (χ1) is 18.2. The van der Waals surface area contributed by atoms with Gasteiger partial charge in [0.25, 0.3) is 0 Å². The number of ether oxygens (including phenoxy) is 1. The van der Waals surface area contributed by atoms with E-state index in [1.54, 1.807) is 12.4 Å². The molecule has 2 bridgehead atoms. The lowest BCUT2D eigenvalue weighted by Crippen LogP contribution is -2.48. The number of carbonyl (C=O) groups excluding carboxylic acids is 2. The maximum Gasteiger partial charge on any atom is 0.410 e. The minimum absolute atomic E-state index is 0.0500. The lowest BCUT2D eigenvalue weighted by Gasteiger charge is -2.38. The second-order valence-corrected chi connectivity index (χ2v) is 10.5. The van der Waals surface area contributed by atoms with Crippen molar-refractivity contribution in [3.8, 4) is 11.1 Å². The van der Waals surface area contributed by atoms with Crippen molar-refractivity contribution in [2.24, 2.45) is 5.92 Å². The van der Waals surface area contributed by atoms with Crippen LogP contribution in [0.3, 0.4) is 0 Å². The van der Waals surface area contributed by atoms with Crippen LogP contribution in [-0.2, 0) is 4.74 Å². The van der Waals surface area contributed by atoms with E-state index in [1.807, 2.05) is 41.3 Å². The first kappa shape index (κ1) is 22.2. The number of pyridine rings is 1. The summed E-state index contributed by atoms with van der Waals surface area (Å²) in [4.78, 5) is 33.1. The van der Waals surface area contributed by atoms with E-state index in [0.717, 1.165) is 29.2 Å². The smallest absolute Gasteiger partial charge is 0.410 e. The quantitative estimate of drug-likeness (QED) is 0.303. The number of aromatic nitrogens is 1. The van der Waals surface area contributed by atoms with Gasteiger partial charge in [-0.2, -0.15) is 0 Å². The Labute approximate surface area is 216 Å². The van der Waals surface area contributed by atoms with Crippen LogP contribution in [0.2, 0.25) is 0 Å². The molecule has 0 saturated carbocycles. The molecule has 2 unspecified atom stereocenters. The van der Waals surface area contributed by atoms with E-state index in [-0.39, 0.29) is 35.8 Å². The van der Waals surface area contributed by atoms with Gasteiger partial charge in [0.05, 0.1) is 0 Å². The minimum Gasteiger partial charge on any atom is -0.448 e. The van der Waals surface area contributed by atoms with E-state index in [9.17, 15) is 9.59 Å². The zero-order valence-corrected chi connectivity index (χ0v) is 20.5. The number of rotatable bonds is 4. The maximum atomic E-state index is 13.6. The van der Waals surface area contributed by atoms with Crippen LogP contribution in [0.25, 0.3) is 21.9 Å². The van der Waals surface area contributed by atoms with Gasteiger partial charge >= 0.3 is 6.09 Å². The molecule has 0 spiro atoms. The Morgan fingerprint density at radius 2 is 1.51 bits per heavy atom. The highest BCUT2D eigenvalue weighted by molar-refractivity contribution is 6.09. The van der Waals surface area contributed by atoms with Crippen LogP contribution < -0.4 is 0 Å². The summed E-state index contributed by atoms with van der Waals surface area (Å²) in [5, 5.41) is 1.93. The van der Waals surface area contributed by atoms with E-state index in [1.165, 1.54) is 22.3 Å². The van der Waals surface area contributed by atoms with Crippen molar-refractivity contribution in [3.05, 3.63) is 102 Å². The van der Waals surface area contributed by atoms with Gasteiger partial charge in [0.2, 0.25) is 0 Å². The van der Waals surface area contributed by atoms with Crippen LogP contribution in [-0.4, -0.2) is 40.5 Å². The Bertz CT molecular complexity index is 1460. The molecule has 0 N–H and O–H groups in total. The predicted molar refractivity (Wildman–Crippen MR) is 143 cm³/mol. The minimum atomic E-state index is -0.239. The molecule has 3 heterocycles. The van der Waals surface area contributed by atoms with Crippen LogP contribution in [0.4, 0.5) is 4.79 Å². The van der Waals surface area contributed by atoms with Crippen molar-refractivity contribution in [3.63, 3.8) is 0 Å². The molecule has 4 aromatic rings. The van der Waals surface area contributed by atoms with Crippen molar-refractivity contribution in [2.75, 3.05) is 6.61 Å². The Hall–Kier alpha value is -3.99. The number of nitrogens with zero attached hydrogens (tertiary/aromatic N) is 2. The van der Waals surface area contributed by atoms with E-state index >= 15 is 0 Å². The lowest BCUT2D eigenvalue weighted by molar-refractivity contribution is 0.0506. The Balaban J connectivity index is 1.06. The summed E-state index contributed by atoms with van der Waals surface area (Å²) in [5.74, 6) is 0.156. The zero-order valence-electron chi connectivity index (χ0n) is 20.5. The first-order valence-corrected chi connectivity index (χ1v) is 13.2. The molecule has 1 aliphatic carbocycles. The number of fused-ring (bicyclic) bond motifs is 6. The third kappa shape index (κ3) is 3.64. The first-order valence-electron chi connectivity index (χ1n) is 13.2. The molecule has 2 saturated heterocycles. The highest BCUT2D eigenvalue weighted by atomic mass is 16.6. The molecule has 2 atom stereocenters. The van der Waals surface area contributed by atoms with Gasteiger partial charge in [0.15, 0.2) is 5.78 Å². The van der Waals surface area contributed by atoms with Crippen LogP contribution in [0.1, 0.15) is 53.1 Å². The molecule has 3 aliphatic rings.